The van der Waals surface area contributed by atoms with Crippen LogP contribution in [0.1, 0.15) is 38.5 Å². The molecule has 2 aliphatic rings. The Morgan fingerprint density at radius 1 is 1.38 bits per heavy atom. The van der Waals surface area contributed by atoms with Crippen molar-refractivity contribution in [3.63, 3.8) is 0 Å². The maximum absolute atomic E-state index is 3.50. The van der Waals surface area contributed by atoms with E-state index in [-0.39, 0.29) is 0 Å². The van der Waals surface area contributed by atoms with Crippen molar-refractivity contribution >= 4 is 0 Å². The van der Waals surface area contributed by atoms with Gasteiger partial charge in [-0.2, -0.15) is 0 Å². The Labute approximate surface area is 100 Å². The first-order valence-corrected chi connectivity index (χ1v) is 6.92. The first-order chi connectivity index (χ1) is 7.84. The Kier molecular flexibility index (Phi) is 4.86. The third kappa shape index (κ3) is 3.91. The summed E-state index contributed by atoms with van der Waals surface area (Å²) in [5.74, 6) is 0.878. The molecule has 0 amide bonds. The highest BCUT2D eigenvalue weighted by Gasteiger charge is 2.15. The van der Waals surface area contributed by atoms with Crippen molar-refractivity contribution in [3.8, 4) is 0 Å². The molecule has 1 aliphatic carbocycles. The lowest BCUT2D eigenvalue weighted by molar-refractivity contribution is 0.254. The summed E-state index contributed by atoms with van der Waals surface area (Å²) in [5, 5.41) is 3.50. The van der Waals surface area contributed by atoms with E-state index in [0.717, 1.165) is 5.92 Å². The summed E-state index contributed by atoms with van der Waals surface area (Å²) >= 11 is 0. The lowest BCUT2D eigenvalue weighted by atomic mass is 9.97. The Hall–Kier alpha value is -0.340. The van der Waals surface area contributed by atoms with Gasteiger partial charge in [0.15, 0.2) is 0 Å². The minimum Gasteiger partial charge on any atom is -0.316 e. The number of hydrogen-bond donors (Lipinski definition) is 1. The van der Waals surface area contributed by atoms with Crippen molar-refractivity contribution in [1.82, 2.24) is 10.2 Å². The molecule has 0 spiro atoms. The fourth-order valence-electron chi connectivity index (χ4n) is 2.98. The monoisotopic (exact) mass is 222 g/mol. The van der Waals surface area contributed by atoms with Gasteiger partial charge in [0, 0.05) is 13.1 Å². The van der Waals surface area contributed by atoms with Gasteiger partial charge in [-0.3, -0.25) is 0 Å². The van der Waals surface area contributed by atoms with Crippen LogP contribution < -0.4 is 5.32 Å². The molecule has 0 radical (unpaired) electrons. The van der Waals surface area contributed by atoms with Crippen LogP contribution in [-0.2, 0) is 0 Å². The number of hydrogen-bond acceptors (Lipinski definition) is 2. The summed E-state index contributed by atoms with van der Waals surface area (Å²) in [4.78, 5) is 2.52. The number of piperidine rings is 1. The van der Waals surface area contributed by atoms with Crippen LogP contribution in [0.5, 0.6) is 0 Å². The number of nitrogens with zero attached hydrogens (tertiary/aromatic N) is 1. The average Bonchev–Trinajstić information content (AvgIpc) is 2.31. The Balaban J connectivity index is 1.70. The summed E-state index contributed by atoms with van der Waals surface area (Å²) in [6.45, 7) is 4.93. The van der Waals surface area contributed by atoms with E-state index < -0.39 is 0 Å². The van der Waals surface area contributed by atoms with Gasteiger partial charge in [-0.1, -0.05) is 11.6 Å². The molecule has 0 aromatic rings. The first-order valence-electron chi connectivity index (χ1n) is 6.92. The topological polar surface area (TPSA) is 15.3 Å². The van der Waals surface area contributed by atoms with Crippen LogP contribution in [0.4, 0.5) is 0 Å². The summed E-state index contributed by atoms with van der Waals surface area (Å²) < 4.78 is 0. The second-order valence-electron chi connectivity index (χ2n) is 5.52. The smallest absolute Gasteiger partial charge is 0.0189 e. The van der Waals surface area contributed by atoms with Crippen LogP contribution in [-0.4, -0.2) is 38.1 Å². The molecular formula is C14H26N2. The molecular weight excluding hydrogens is 196 g/mol. The van der Waals surface area contributed by atoms with Crippen molar-refractivity contribution < 1.29 is 0 Å². The third-order valence-electron chi connectivity index (χ3n) is 3.83. The Bertz CT molecular complexity index is 229. The molecule has 2 nitrogen and oxygen atoms in total. The maximum Gasteiger partial charge on any atom is 0.0189 e. The van der Waals surface area contributed by atoms with Crippen LogP contribution in [0.2, 0.25) is 0 Å². The zero-order chi connectivity index (χ0) is 11.2. The summed E-state index contributed by atoms with van der Waals surface area (Å²) in [6, 6.07) is 0. The predicted octanol–water partition coefficient (Wildman–Crippen LogP) is 2.42. The molecule has 0 saturated carbocycles. The van der Waals surface area contributed by atoms with Gasteiger partial charge in [-0.05, 0) is 64.6 Å². The van der Waals surface area contributed by atoms with Gasteiger partial charge < -0.3 is 10.2 Å². The van der Waals surface area contributed by atoms with Gasteiger partial charge in [-0.15, -0.1) is 0 Å². The molecule has 1 saturated heterocycles. The van der Waals surface area contributed by atoms with Gasteiger partial charge >= 0.3 is 0 Å². The van der Waals surface area contributed by atoms with Crippen molar-refractivity contribution in [2.75, 3.05) is 33.2 Å². The van der Waals surface area contributed by atoms with E-state index >= 15 is 0 Å². The zero-order valence-electron chi connectivity index (χ0n) is 10.7. The second kappa shape index (κ2) is 6.41. The largest absolute Gasteiger partial charge is 0.316 e. The van der Waals surface area contributed by atoms with Crippen LogP contribution in [0.25, 0.3) is 0 Å². The van der Waals surface area contributed by atoms with E-state index in [1.54, 1.807) is 5.57 Å². The van der Waals surface area contributed by atoms with E-state index in [4.69, 9.17) is 0 Å². The summed E-state index contributed by atoms with van der Waals surface area (Å²) in [7, 11) is 2.28. The van der Waals surface area contributed by atoms with Crippen molar-refractivity contribution in [1.29, 1.82) is 0 Å². The molecule has 1 atom stereocenters. The quantitative estimate of drug-likeness (QED) is 0.735. The fourth-order valence-corrected chi connectivity index (χ4v) is 2.98. The Morgan fingerprint density at radius 2 is 2.31 bits per heavy atom. The van der Waals surface area contributed by atoms with E-state index in [0.29, 0.717) is 0 Å². The van der Waals surface area contributed by atoms with Gasteiger partial charge in [-0.25, -0.2) is 0 Å². The molecule has 16 heavy (non-hydrogen) atoms. The number of allylic oxidation sites excluding steroid dienone is 1. The standard InChI is InChI=1S/C14H26N2/c1-16(11-13-6-3-2-4-7-13)12-14-8-5-9-15-10-14/h6,14-15H,2-5,7-12H2,1H3. The van der Waals surface area contributed by atoms with Crippen molar-refractivity contribution in [2.24, 2.45) is 5.92 Å². The first kappa shape index (κ1) is 12.1. The third-order valence-corrected chi connectivity index (χ3v) is 3.83. The van der Waals surface area contributed by atoms with Crippen LogP contribution in [0.15, 0.2) is 11.6 Å². The van der Waals surface area contributed by atoms with Crippen LogP contribution >= 0.6 is 0 Å². The molecule has 1 heterocycles. The molecule has 1 N–H and O–H groups in total. The Morgan fingerprint density at radius 3 is 3.00 bits per heavy atom. The minimum absolute atomic E-state index is 0.878. The molecule has 0 aromatic heterocycles. The fraction of sp³-hybridized carbons (Fsp3) is 0.857. The number of likely N-dealkylation sites (N-methyl/N-ethyl adjacent to an activating group) is 1. The van der Waals surface area contributed by atoms with Crippen LogP contribution in [0.3, 0.4) is 0 Å². The van der Waals surface area contributed by atoms with Crippen molar-refractivity contribution in [2.45, 2.75) is 38.5 Å². The number of rotatable bonds is 4. The van der Waals surface area contributed by atoms with Gasteiger partial charge in [0.1, 0.15) is 0 Å². The molecule has 92 valence electrons. The molecule has 0 aromatic carbocycles. The zero-order valence-corrected chi connectivity index (χ0v) is 10.7. The van der Waals surface area contributed by atoms with E-state index in [2.05, 4.69) is 23.3 Å². The van der Waals surface area contributed by atoms with Gasteiger partial charge in [0.25, 0.3) is 0 Å². The minimum atomic E-state index is 0.878. The van der Waals surface area contributed by atoms with E-state index in [1.807, 2.05) is 0 Å². The lowest BCUT2D eigenvalue weighted by Crippen LogP contribution is -2.37. The molecule has 2 heteroatoms. The summed E-state index contributed by atoms with van der Waals surface area (Å²) in [6.07, 6.45) is 10.7. The summed E-state index contributed by atoms with van der Waals surface area (Å²) in [5.41, 5.74) is 1.68. The highest BCUT2D eigenvalue weighted by atomic mass is 15.1. The highest BCUT2D eigenvalue weighted by molar-refractivity contribution is 5.07. The normalized spacial score (nSPS) is 26.9. The molecule has 1 fully saturated rings. The van der Waals surface area contributed by atoms with Gasteiger partial charge in [0.2, 0.25) is 0 Å². The molecule has 1 unspecified atom stereocenters. The van der Waals surface area contributed by atoms with E-state index in [9.17, 15) is 0 Å². The predicted molar refractivity (Wildman–Crippen MR) is 69.6 cm³/mol. The molecule has 0 bridgehead atoms. The van der Waals surface area contributed by atoms with E-state index in [1.165, 1.54) is 64.7 Å². The second-order valence-corrected chi connectivity index (χ2v) is 5.52. The SMILES string of the molecule is CN(CC1=CCCCC1)CC1CCCNC1. The highest BCUT2D eigenvalue weighted by Crippen LogP contribution is 2.19. The van der Waals surface area contributed by atoms with Crippen LogP contribution in [0, 0.1) is 5.92 Å². The van der Waals surface area contributed by atoms with Crippen molar-refractivity contribution in [3.05, 3.63) is 11.6 Å². The molecule has 2 rings (SSSR count). The molecule has 1 aliphatic heterocycles. The maximum atomic E-state index is 3.50. The lowest BCUT2D eigenvalue weighted by Gasteiger charge is -2.28. The number of nitrogens with one attached hydrogen (secondary N) is 1. The average molecular weight is 222 g/mol. The van der Waals surface area contributed by atoms with Gasteiger partial charge in [0.05, 0.1) is 0 Å².